The number of nitrogens with zero attached hydrogens (tertiary/aromatic N) is 4. The number of tetrazole rings is 1. The number of nitrogens with one attached hydrogen (secondary N) is 2. The topological polar surface area (TPSA) is 88.5 Å². The number of halogens is 1. The van der Waals surface area contributed by atoms with Gasteiger partial charge in [-0.1, -0.05) is 6.07 Å². The van der Waals surface area contributed by atoms with Crippen molar-refractivity contribution in [2.24, 2.45) is 0 Å². The monoisotopic (exact) mass is 350 g/mol. The Bertz CT molecular complexity index is 1060. The van der Waals surface area contributed by atoms with E-state index < -0.39 is 0 Å². The molecule has 0 spiro atoms. The molecule has 4 rings (SSSR count). The molecule has 0 saturated heterocycles. The Kier molecular flexibility index (Phi) is 4.14. The summed E-state index contributed by atoms with van der Waals surface area (Å²) in [6, 6.07) is 11.6. The Hall–Kier alpha value is -3.55. The second-order valence-electron chi connectivity index (χ2n) is 5.81. The van der Waals surface area contributed by atoms with E-state index in [4.69, 9.17) is 0 Å². The highest BCUT2D eigenvalue weighted by Crippen LogP contribution is 2.19. The first-order valence-electron chi connectivity index (χ1n) is 8.08. The van der Waals surface area contributed by atoms with Crippen LogP contribution in [0.25, 0.3) is 16.6 Å². The molecule has 0 aliphatic carbocycles. The molecule has 0 radical (unpaired) electrons. The van der Waals surface area contributed by atoms with E-state index in [-0.39, 0.29) is 11.7 Å². The van der Waals surface area contributed by atoms with Crippen LogP contribution >= 0.6 is 0 Å². The number of aromatic amines is 1. The summed E-state index contributed by atoms with van der Waals surface area (Å²) in [5, 5.41) is 14.7. The molecule has 0 saturated carbocycles. The smallest absolute Gasteiger partial charge is 0.251 e. The zero-order valence-corrected chi connectivity index (χ0v) is 13.7. The van der Waals surface area contributed by atoms with Crippen molar-refractivity contribution in [1.29, 1.82) is 0 Å². The number of amides is 1. The third-order valence-corrected chi connectivity index (χ3v) is 4.13. The number of hydrogen-bond donors (Lipinski definition) is 2. The van der Waals surface area contributed by atoms with Gasteiger partial charge in [-0.15, -0.1) is 5.10 Å². The Morgan fingerprint density at radius 2 is 2.15 bits per heavy atom. The fraction of sp³-hybridized carbons (Fsp3) is 0.111. The number of fused-ring (bicyclic) bond motifs is 1. The summed E-state index contributed by atoms with van der Waals surface area (Å²) in [7, 11) is 0. The molecule has 1 amide bonds. The number of H-pyrrole nitrogens is 1. The van der Waals surface area contributed by atoms with Gasteiger partial charge in [0.1, 0.15) is 12.1 Å². The van der Waals surface area contributed by atoms with Crippen LogP contribution in [-0.4, -0.2) is 37.6 Å². The van der Waals surface area contributed by atoms with Gasteiger partial charge < -0.3 is 10.3 Å². The largest absolute Gasteiger partial charge is 0.361 e. The highest BCUT2D eigenvalue weighted by Gasteiger charge is 2.09. The Morgan fingerprint density at radius 3 is 3.00 bits per heavy atom. The SMILES string of the molecule is O=C(NCCc1c[nH]c2ccc(F)cc12)c1cccc(-n2cnnn2)c1. The third-order valence-electron chi connectivity index (χ3n) is 4.13. The van der Waals surface area contributed by atoms with Crippen molar-refractivity contribution in [3.63, 3.8) is 0 Å². The minimum absolute atomic E-state index is 0.189. The van der Waals surface area contributed by atoms with Crippen LogP contribution < -0.4 is 5.32 Å². The number of rotatable bonds is 5. The lowest BCUT2D eigenvalue weighted by Crippen LogP contribution is -2.25. The summed E-state index contributed by atoms with van der Waals surface area (Å²) in [5.41, 5.74) is 3.06. The first-order valence-corrected chi connectivity index (χ1v) is 8.08. The molecule has 2 N–H and O–H groups in total. The summed E-state index contributed by atoms with van der Waals surface area (Å²) < 4.78 is 14.9. The summed E-state index contributed by atoms with van der Waals surface area (Å²) >= 11 is 0. The van der Waals surface area contributed by atoms with E-state index in [2.05, 4.69) is 25.8 Å². The van der Waals surface area contributed by atoms with Crippen molar-refractivity contribution in [3.8, 4) is 5.69 Å². The van der Waals surface area contributed by atoms with E-state index in [0.29, 0.717) is 24.2 Å². The molecule has 130 valence electrons. The lowest BCUT2D eigenvalue weighted by molar-refractivity contribution is 0.0954. The fourth-order valence-corrected chi connectivity index (χ4v) is 2.84. The molecule has 8 heteroatoms. The van der Waals surface area contributed by atoms with Crippen molar-refractivity contribution in [1.82, 2.24) is 30.5 Å². The van der Waals surface area contributed by atoms with Gasteiger partial charge >= 0.3 is 0 Å². The third kappa shape index (κ3) is 3.16. The van der Waals surface area contributed by atoms with Gasteiger partial charge in [-0.25, -0.2) is 9.07 Å². The highest BCUT2D eigenvalue weighted by molar-refractivity contribution is 5.94. The summed E-state index contributed by atoms with van der Waals surface area (Å²) in [6.45, 7) is 0.442. The maximum Gasteiger partial charge on any atom is 0.251 e. The quantitative estimate of drug-likeness (QED) is 0.578. The first kappa shape index (κ1) is 15.9. The zero-order valence-electron chi connectivity index (χ0n) is 13.7. The number of aromatic nitrogens is 5. The van der Waals surface area contributed by atoms with Crippen LogP contribution in [0.15, 0.2) is 55.0 Å². The van der Waals surface area contributed by atoms with Crippen LogP contribution in [0.2, 0.25) is 0 Å². The maximum atomic E-state index is 13.4. The predicted molar refractivity (Wildman–Crippen MR) is 93.4 cm³/mol. The summed E-state index contributed by atoms with van der Waals surface area (Å²) in [6.07, 6.45) is 3.91. The van der Waals surface area contributed by atoms with Crippen LogP contribution in [-0.2, 0) is 6.42 Å². The van der Waals surface area contributed by atoms with Crippen LogP contribution in [0, 0.1) is 5.82 Å². The predicted octanol–water partition coefficient (Wildman–Crippen LogP) is 2.26. The molecule has 2 heterocycles. The van der Waals surface area contributed by atoms with E-state index >= 15 is 0 Å². The van der Waals surface area contributed by atoms with Gasteiger partial charge in [0.05, 0.1) is 5.69 Å². The molecule has 0 fully saturated rings. The lowest BCUT2D eigenvalue weighted by atomic mass is 10.1. The van der Waals surface area contributed by atoms with Crippen molar-refractivity contribution in [3.05, 3.63) is 71.9 Å². The molecule has 0 bridgehead atoms. The standard InChI is InChI=1S/C18H15FN6O/c19-14-4-5-17-16(9-14)13(10-21-17)6-7-20-18(26)12-2-1-3-15(8-12)25-11-22-23-24-25/h1-5,8-11,21H,6-7H2,(H,20,26). The Morgan fingerprint density at radius 1 is 1.23 bits per heavy atom. The van der Waals surface area contributed by atoms with Gasteiger partial charge in [-0.3, -0.25) is 4.79 Å². The normalized spacial score (nSPS) is 11.0. The molecule has 26 heavy (non-hydrogen) atoms. The minimum Gasteiger partial charge on any atom is -0.361 e. The Labute approximate surface area is 147 Å². The van der Waals surface area contributed by atoms with E-state index in [1.54, 1.807) is 24.3 Å². The number of hydrogen-bond acceptors (Lipinski definition) is 4. The molecular formula is C18H15FN6O. The average molecular weight is 350 g/mol. The van der Waals surface area contributed by atoms with E-state index in [1.807, 2.05) is 12.3 Å². The molecule has 0 unspecified atom stereocenters. The minimum atomic E-state index is -0.276. The molecule has 7 nitrogen and oxygen atoms in total. The van der Waals surface area contributed by atoms with Crippen LogP contribution in [0.5, 0.6) is 0 Å². The second-order valence-corrected chi connectivity index (χ2v) is 5.81. The van der Waals surface area contributed by atoms with Crippen molar-refractivity contribution in [2.45, 2.75) is 6.42 Å². The molecule has 4 aromatic rings. The van der Waals surface area contributed by atoms with E-state index in [1.165, 1.54) is 23.1 Å². The molecule has 0 atom stereocenters. The van der Waals surface area contributed by atoms with Crippen molar-refractivity contribution >= 4 is 16.8 Å². The molecule has 0 aliphatic rings. The van der Waals surface area contributed by atoms with Gasteiger partial charge in [0, 0.05) is 29.2 Å². The van der Waals surface area contributed by atoms with Crippen molar-refractivity contribution < 1.29 is 9.18 Å². The van der Waals surface area contributed by atoms with Gasteiger partial charge in [0.2, 0.25) is 0 Å². The summed E-state index contributed by atoms with van der Waals surface area (Å²) in [5.74, 6) is -0.465. The Balaban J connectivity index is 1.42. The fourth-order valence-electron chi connectivity index (χ4n) is 2.84. The molecule has 2 aromatic heterocycles. The lowest BCUT2D eigenvalue weighted by Gasteiger charge is -2.06. The first-order chi connectivity index (χ1) is 12.7. The summed E-state index contributed by atoms with van der Waals surface area (Å²) in [4.78, 5) is 15.5. The number of carbonyl (C=O) groups excluding carboxylic acids is 1. The van der Waals surface area contributed by atoms with Crippen LogP contribution in [0.3, 0.4) is 0 Å². The van der Waals surface area contributed by atoms with Crippen molar-refractivity contribution in [2.75, 3.05) is 6.54 Å². The number of benzene rings is 2. The average Bonchev–Trinajstić information content (AvgIpc) is 3.32. The molecule has 0 aliphatic heterocycles. The molecule has 2 aromatic carbocycles. The van der Waals surface area contributed by atoms with Crippen LogP contribution in [0.4, 0.5) is 4.39 Å². The molecular weight excluding hydrogens is 335 g/mol. The van der Waals surface area contributed by atoms with Gasteiger partial charge in [0.25, 0.3) is 5.91 Å². The highest BCUT2D eigenvalue weighted by atomic mass is 19.1. The van der Waals surface area contributed by atoms with Gasteiger partial charge in [0.15, 0.2) is 0 Å². The van der Waals surface area contributed by atoms with E-state index in [9.17, 15) is 9.18 Å². The van der Waals surface area contributed by atoms with E-state index in [0.717, 1.165) is 16.5 Å². The zero-order chi connectivity index (χ0) is 17.9. The van der Waals surface area contributed by atoms with Gasteiger partial charge in [-0.2, -0.15) is 0 Å². The van der Waals surface area contributed by atoms with Gasteiger partial charge in [-0.05, 0) is 58.8 Å². The second kappa shape index (κ2) is 6.75. The maximum absolute atomic E-state index is 13.4. The van der Waals surface area contributed by atoms with Crippen LogP contribution in [0.1, 0.15) is 15.9 Å². The number of carbonyl (C=O) groups is 1.